The standard InChI is InChI=1S/C14H24N2O3/c1-16-8-7-11(9-16)13(17)15-12-5-3-10(4-6-12)14(18)19-2/h10-12H,3-9H2,1-2H3,(H,15,17). The van der Waals surface area contributed by atoms with Gasteiger partial charge in [0.25, 0.3) is 0 Å². The lowest BCUT2D eigenvalue weighted by Gasteiger charge is -2.28. The Labute approximate surface area is 114 Å². The summed E-state index contributed by atoms with van der Waals surface area (Å²) in [6, 6.07) is 0.235. The Balaban J connectivity index is 1.73. The second kappa shape index (κ2) is 6.37. The third-order valence-corrected chi connectivity index (χ3v) is 4.37. The van der Waals surface area contributed by atoms with E-state index < -0.39 is 0 Å². The number of esters is 1. The third kappa shape index (κ3) is 3.69. The van der Waals surface area contributed by atoms with Crippen LogP contribution in [0.5, 0.6) is 0 Å². The van der Waals surface area contributed by atoms with Gasteiger partial charge in [-0.15, -0.1) is 0 Å². The molecule has 2 aliphatic rings. The second-order valence-corrected chi connectivity index (χ2v) is 5.83. The van der Waals surface area contributed by atoms with E-state index in [-0.39, 0.29) is 29.8 Å². The molecule has 2 fully saturated rings. The first-order valence-electron chi connectivity index (χ1n) is 7.17. The molecule has 2 rings (SSSR count). The van der Waals surface area contributed by atoms with Crippen molar-refractivity contribution in [2.45, 2.75) is 38.1 Å². The number of amides is 1. The summed E-state index contributed by atoms with van der Waals surface area (Å²) in [5.74, 6) is 0.243. The van der Waals surface area contributed by atoms with Crippen LogP contribution in [-0.4, -0.2) is 50.1 Å². The molecule has 1 saturated heterocycles. The van der Waals surface area contributed by atoms with Crippen LogP contribution in [0.3, 0.4) is 0 Å². The lowest BCUT2D eigenvalue weighted by Crippen LogP contribution is -2.42. The van der Waals surface area contributed by atoms with Crippen LogP contribution in [0.1, 0.15) is 32.1 Å². The third-order valence-electron chi connectivity index (χ3n) is 4.37. The molecule has 1 N–H and O–H groups in total. The summed E-state index contributed by atoms with van der Waals surface area (Å²) in [4.78, 5) is 25.7. The molecule has 1 saturated carbocycles. The molecular weight excluding hydrogens is 244 g/mol. The highest BCUT2D eigenvalue weighted by Gasteiger charge is 2.31. The van der Waals surface area contributed by atoms with E-state index in [1.54, 1.807) is 0 Å². The van der Waals surface area contributed by atoms with Crippen LogP contribution < -0.4 is 5.32 Å². The Bertz CT molecular complexity index is 338. The number of ether oxygens (including phenoxy) is 1. The van der Waals surface area contributed by atoms with Gasteiger partial charge in [0.2, 0.25) is 5.91 Å². The van der Waals surface area contributed by atoms with Gasteiger partial charge in [0, 0.05) is 12.6 Å². The van der Waals surface area contributed by atoms with E-state index in [1.165, 1.54) is 7.11 Å². The van der Waals surface area contributed by atoms with Crippen LogP contribution in [-0.2, 0) is 14.3 Å². The Kier molecular flexibility index (Phi) is 4.80. The molecule has 5 nitrogen and oxygen atoms in total. The summed E-state index contributed by atoms with van der Waals surface area (Å²) in [7, 11) is 3.49. The predicted molar refractivity (Wildman–Crippen MR) is 71.5 cm³/mol. The molecule has 0 bridgehead atoms. The molecule has 19 heavy (non-hydrogen) atoms. The fourth-order valence-corrected chi connectivity index (χ4v) is 3.11. The summed E-state index contributed by atoms with van der Waals surface area (Å²) in [6.07, 6.45) is 4.37. The highest BCUT2D eigenvalue weighted by atomic mass is 16.5. The molecule has 0 radical (unpaired) electrons. The maximum absolute atomic E-state index is 12.1. The molecule has 5 heteroatoms. The van der Waals surface area contributed by atoms with Crippen molar-refractivity contribution in [3.8, 4) is 0 Å². The molecule has 1 aliphatic heterocycles. The highest BCUT2D eigenvalue weighted by Crippen LogP contribution is 2.26. The van der Waals surface area contributed by atoms with Crippen LogP contribution in [0.15, 0.2) is 0 Å². The van der Waals surface area contributed by atoms with Crippen molar-refractivity contribution in [1.29, 1.82) is 0 Å². The average molecular weight is 268 g/mol. The maximum atomic E-state index is 12.1. The van der Waals surface area contributed by atoms with Crippen LogP contribution in [0.2, 0.25) is 0 Å². The predicted octanol–water partition coefficient (Wildman–Crippen LogP) is 0.786. The minimum absolute atomic E-state index is 0.0239. The minimum Gasteiger partial charge on any atom is -0.469 e. The van der Waals surface area contributed by atoms with Crippen molar-refractivity contribution in [2.75, 3.05) is 27.2 Å². The van der Waals surface area contributed by atoms with E-state index in [4.69, 9.17) is 4.74 Å². The van der Waals surface area contributed by atoms with E-state index >= 15 is 0 Å². The molecule has 0 aromatic carbocycles. The van der Waals surface area contributed by atoms with Crippen molar-refractivity contribution < 1.29 is 14.3 Å². The van der Waals surface area contributed by atoms with E-state index in [1.807, 2.05) is 0 Å². The number of likely N-dealkylation sites (tertiary alicyclic amines) is 1. The summed E-state index contributed by atoms with van der Waals surface area (Å²) in [6.45, 7) is 1.87. The number of nitrogens with one attached hydrogen (secondary N) is 1. The van der Waals surface area contributed by atoms with Gasteiger partial charge in [-0.3, -0.25) is 9.59 Å². The lowest BCUT2D eigenvalue weighted by atomic mass is 9.86. The van der Waals surface area contributed by atoms with Gasteiger partial charge in [-0.05, 0) is 45.7 Å². The van der Waals surface area contributed by atoms with Crippen molar-refractivity contribution in [3.05, 3.63) is 0 Å². The zero-order valence-electron chi connectivity index (χ0n) is 11.9. The van der Waals surface area contributed by atoms with Gasteiger partial charge in [-0.2, -0.15) is 0 Å². The largest absolute Gasteiger partial charge is 0.469 e. The number of carbonyl (C=O) groups excluding carboxylic acids is 2. The number of nitrogens with zero attached hydrogens (tertiary/aromatic N) is 1. The monoisotopic (exact) mass is 268 g/mol. The fraction of sp³-hybridized carbons (Fsp3) is 0.857. The molecule has 1 heterocycles. The van der Waals surface area contributed by atoms with Crippen LogP contribution in [0, 0.1) is 11.8 Å². The van der Waals surface area contributed by atoms with Gasteiger partial charge in [0.05, 0.1) is 18.9 Å². The Morgan fingerprint density at radius 3 is 2.32 bits per heavy atom. The van der Waals surface area contributed by atoms with Crippen LogP contribution in [0.4, 0.5) is 0 Å². The van der Waals surface area contributed by atoms with Gasteiger partial charge >= 0.3 is 5.97 Å². The molecule has 0 aromatic rings. The fourth-order valence-electron chi connectivity index (χ4n) is 3.11. The smallest absolute Gasteiger partial charge is 0.308 e. The SMILES string of the molecule is COC(=O)C1CCC(NC(=O)C2CCN(C)C2)CC1. The molecule has 1 aliphatic carbocycles. The van der Waals surface area contributed by atoms with Gasteiger partial charge in [0.15, 0.2) is 0 Å². The van der Waals surface area contributed by atoms with Crippen molar-refractivity contribution in [2.24, 2.45) is 11.8 Å². The van der Waals surface area contributed by atoms with E-state index in [9.17, 15) is 9.59 Å². The summed E-state index contributed by atoms with van der Waals surface area (Å²) in [5.41, 5.74) is 0. The number of methoxy groups -OCH3 is 1. The van der Waals surface area contributed by atoms with Crippen molar-refractivity contribution in [3.63, 3.8) is 0 Å². The summed E-state index contributed by atoms with van der Waals surface area (Å²) < 4.78 is 4.77. The Morgan fingerprint density at radius 2 is 1.79 bits per heavy atom. The van der Waals surface area contributed by atoms with Crippen LogP contribution >= 0.6 is 0 Å². The van der Waals surface area contributed by atoms with Gasteiger partial charge in [-0.25, -0.2) is 0 Å². The molecule has 1 amide bonds. The van der Waals surface area contributed by atoms with Gasteiger partial charge in [0.1, 0.15) is 0 Å². The number of rotatable bonds is 3. The summed E-state index contributed by atoms with van der Waals surface area (Å²) >= 11 is 0. The Morgan fingerprint density at radius 1 is 1.11 bits per heavy atom. The molecule has 1 atom stereocenters. The van der Waals surface area contributed by atoms with E-state index in [0.29, 0.717) is 0 Å². The molecule has 0 spiro atoms. The topological polar surface area (TPSA) is 58.6 Å². The van der Waals surface area contributed by atoms with Crippen molar-refractivity contribution >= 4 is 11.9 Å². The normalized spacial score (nSPS) is 32.0. The molecule has 0 aromatic heterocycles. The second-order valence-electron chi connectivity index (χ2n) is 5.83. The first kappa shape index (κ1) is 14.3. The first-order chi connectivity index (χ1) is 9.10. The average Bonchev–Trinajstić information content (AvgIpc) is 2.85. The van der Waals surface area contributed by atoms with Crippen molar-refractivity contribution in [1.82, 2.24) is 10.2 Å². The number of carbonyl (C=O) groups is 2. The molecule has 108 valence electrons. The zero-order chi connectivity index (χ0) is 13.8. The first-order valence-corrected chi connectivity index (χ1v) is 7.17. The van der Waals surface area contributed by atoms with Gasteiger partial charge < -0.3 is 15.0 Å². The van der Waals surface area contributed by atoms with E-state index in [0.717, 1.165) is 45.2 Å². The molecular formula is C14H24N2O3. The lowest BCUT2D eigenvalue weighted by molar-refractivity contribution is -0.146. The highest BCUT2D eigenvalue weighted by molar-refractivity contribution is 5.79. The van der Waals surface area contributed by atoms with Gasteiger partial charge in [-0.1, -0.05) is 0 Å². The van der Waals surface area contributed by atoms with Crippen LogP contribution in [0.25, 0.3) is 0 Å². The number of hydrogen-bond donors (Lipinski definition) is 1. The molecule has 1 unspecified atom stereocenters. The number of hydrogen-bond acceptors (Lipinski definition) is 4. The minimum atomic E-state index is -0.109. The quantitative estimate of drug-likeness (QED) is 0.769. The maximum Gasteiger partial charge on any atom is 0.308 e. The van der Waals surface area contributed by atoms with E-state index in [2.05, 4.69) is 17.3 Å². The summed E-state index contributed by atoms with van der Waals surface area (Å²) in [5, 5.41) is 3.14. The zero-order valence-corrected chi connectivity index (χ0v) is 11.9. The Hall–Kier alpha value is -1.10.